The minimum absolute atomic E-state index is 0.0570. The van der Waals surface area contributed by atoms with Crippen molar-refractivity contribution < 1.29 is 14.7 Å². The molecule has 96 valence electrons. The largest absolute Gasteiger partial charge is 0.478 e. The van der Waals surface area contributed by atoms with Crippen LogP contribution >= 0.6 is 0 Å². The van der Waals surface area contributed by atoms with E-state index in [0.717, 1.165) is 6.54 Å². The summed E-state index contributed by atoms with van der Waals surface area (Å²) in [6, 6.07) is 6.28. The van der Waals surface area contributed by atoms with Crippen LogP contribution in [0.1, 0.15) is 17.3 Å². The van der Waals surface area contributed by atoms with Gasteiger partial charge in [0.05, 0.1) is 11.5 Å². The average Bonchev–Trinajstić information content (AvgIpc) is 2.76. The van der Waals surface area contributed by atoms with Gasteiger partial charge in [-0.25, -0.2) is 4.79 Å². The fourth-order valence-corrected chi connectivity index (χ4v) is 2.13. The van der Waals surface area contributed by atoms with Crippen molar-refractivity contribution in [1.29, 1.82) is 0 Å². The number of carboxylic acids is 1. The second-order valence-corrected chi connectivity index (χ2v) is 4.62. The Kier molecular flexibility index (Phi) is 3.62. The van der Waals surface area contributed by atoms with Gasteiger partial charge in [0.2, 0.25) is 5.91 Å². The predicted molar refractivity (Wildman–Crippen MR) is 67.6 cm³/mol. The molecule has 0 aliphatic carbocycles. The number of nitrogens with one attached hydrogen (secondary N) is 2. The number of carbonyl (C=O) groups is 2. The first-order chi connectivity index (χ1) is 8.58. The number of hydrogen-bond donors (Lipinski definition) is 3. The van der Waals surface area contributed by atoms with E-state index in [-0.39, 0.29) is 17.4 Å². The van der Waals surface area contributed by atoms with Gasteiger partial charge in [0.25, 0.3) is 0 Å². The van der Waals surface area contributed by atoms with Gasteiger partial charge >= 0.3 is 5.97 Å². The highest BCUT2D eigenvalue weighted by molar-refractivity contribution is 5.95. The van der Waals surface area contributed by atoms with Crippen LogP contribution in [0.4, 0.5) is 5.69 Å². The van der Waals surface area contributed by atoms with Gasteiger partial charge < -0.3 is 15.7 Å². The van der Waals surface area contributed by atoms with Crippen LogP contribution in [0.5, 0.6) is 0 Å². The molecule has 1 aromatic carbocycles. The molecule has 0 radical (unpaired) electrons. The van der Waals surface area contributed by atoms with Gasteiger partial charge in [-0.05, 0) is 30.7 Å². The Labute approximate surface area is 105 Å². The summed E-state index contributed by atoms with van der Waals surface area (Å²) in [4.78, 5) is 22.8. The minimum Gasteiger partial charge on any atom is -0.478 e. The third kappa shape index (κ3) is 2.68. The number of hydrogen-bond acceptors (Lipinski definition) is 3. The summed E-state index contributed by atoms with van der Waals surface area (Å²) in [6.07, 6.45) is 0. The highest BCUT2D eigenvalue weighted by Gasteiger charge is 2.29. The third-order valence-electron chi connectivity index (χ3n) is 3.23. The Bertz CT molecular complexity index is 473. The van der Waals surface area contributed by atoms with Gasteiger partial charge in [0, 0.05) is 12.2 Å². The van der Waals surface area contributed by atoms with E-state index in [4.69, 9.17) is 5.11 Å². The topological polar surface area (TPSA) is 78.4 Å². The maximum atomic E-state index is 12.0. The summed E-state index contributed by atoms with van der Waals surface area (Å²) >= 11 is 0. The Morgan fingerprint density at radius 3 is 2.78 bits per heavy atom. The Hall–Kier alpha value is -1.88. The molecule has 0 spiro atoms. The first-order valence-corrected chi connectivity index (χ1v) is 5.93. The maximum absolute atomic E-state index is 12.0. The van der Waals surface area contributed by atoms with E-state index in [1.807, 2.05) is 6.92 Å². The second kappa shape index (κ2) is 5.18. The fraction of sp³-hybridized carbons (Fsp3) is 0.385. The van der Waals surface area contributed by atoms with Crippen molar-refractivity contribution in [2.45, 2.75) is 6.92 Å². The summed E-state index contributed by atoms with van der Waals surface area (Å²) in [5.41, 5.74) is 0.699. The van der Waals surface area contributed by atoms with Crippen molar-refractivity contribution >= 4 is 17.6 Å². The molecule has 1 saturated heterocycles. The Balaban J connectivity index is 2.07. The molecule has 0 saturated carbocycles. The SMILES string of the molecule is C[C@@H]1CNC[C@H]1C(=O)Nc1cccc(C(=O)O)c1. The van der Waals surface area contributed by atoms with Crippen LogP contribution in [0.3, 0.4) is 0 Å². The quantitative estimate of drug-likeness (QED) is 0.750. The molecular formula is C13H16N2O3. The molecule has 1 amide bonds. The van der Waals surface area contributed by atoms with Gasteiger partial charge in [0.1, 0.15) is 0 Å². The van der Waals surface area contributed by atoms with Gasteiger partial charge in [-0.2, -0.15) is 0 Å². The predicted octanol–water partition coefficient (Wildman–Crippen LogP) is 1.18. The van der Waals surface area contributed by atoms with E-state index in [1.165, 1.54) is 12.1 Å². The first-order valence-electron chi connectivity index (χ1n) is 5.93. The van der Waals surface area contributed by atoms with Gasteiger partial charge in [-0.1, -0.05) is 13.0 Å². The zero-order chi connectivity index (χ0) is 13.1. The Morgan fingerprint density at radius 1 is 1.39 bits per heavy atom. The van der Waals surface area contributed by atoms with Crippen molar-refractivity contribution in [3.63, 3.8) is 0 Å². The van der Waals surface area contributed by atoms with Crippen LogP contribution in [0.25, 0.3) is 0 Å². The molecule has 3 N–H and O–H groups in total. The number of carboxylic acid groups (broad SMARTS) is 1. The summed E-state index contributed by atoms with van der Waals surface area (Å²) in [5.74, 6) is -0.817. The summed E-state index contributed by atoms with van der Waals surface area (Å²) in [7, 11) is 0. The summed E-state index contributed by atoms with van der Waals surface area (Å²) in [6.45, 7) is 3.54. The molecule has 1 aliphatic rings. The van der Waals surface area contributed by atoms with Crippen molar-refractivity contribution in [2.75, 3.05) is 18.4 Å². The lowest BCUT2D eigenvalue weighted by atomic mass is 9.97. The van der Waals surface area contributed by atoms with Gasteiger partial charge in [-0.15, -0.1) is 0 Å². The van der Waals surface area contributed by atoms with Crippen LogP contribution < -0.4 is 10.6 Å². The molecule has 5 nitrogen and oxygen atoms in total. The molecule has 0 unspecified atom stereocenters. The van der Waals surface area contributed by atoms with Crippen molar-refractivity contribution in [2.24, 2.45) is 11.8 Å². The molecule has 1 heterocycles. The van der Waals surface area contributed by atoms with E-state index in [0.29, 0.717) is 18.2 Å². The van der Waals surface area contributed by atoms with Gasteiger partial charge in [-0.3, -0.25) is 4.79 Å². The van der Waals surface area contributed by atoms with Crippen LogP contribution in [-0.4, -0.2) is 30.1 Å². The minimum atomic E-state index is -0.998. The zero-order valence-electron chi connectivity index (χ0n) is 10.1. The van der Waals surface area contributed by atoms with E-state index < -0.39 is 5.97 Å². The molecular weight excluding hydrogens is 232 g/mol. The monoisotopic (exact) mass is 248 g/mol. The number of amides is 1. The first kappa shape index (κ1) is 12.6. The molecule has 18 heavy (non-hydrogen) atoms. The highest BCUT2D eigenvalue weighted by Crippen LogP contribution is 2.19. The van der Waals surface area contributed by atoms with E-state index >= 15 is 0 Å². The zero-order valence-corrected chi connectivity index (χ0v) is 10.1. The molecule has 1 aromatic rings. The van der Waals surface area contributed by atoms with Crippen molar-refractivity contribution in [3.05, 3.63) is 29.8 Å². The Morgan fingerprint density at radius 2 is 2.17 bits per heavy atom. The smallest absolute Gasteiger partial charge is 0.335 e. The van der Waals surface area contributed by atoms with Gasteiger partial charge in [0.15, 0.2) is 0 Å². The van der Waals surface area contributed by atoms with Crippen LogP contribution in [-0.2, 0) is 4.79 Å². The van der Waals surface area contributed by atoms with Crippen LogP contribution in [0.15, 0.2) is 24.3 Å². The average molecular weight is 248 g/mol. The number of rotatable bonds is 3. The lowest BCUT2D eigenvalue weighted by Crippen LogP contribution is -2.27. The second-order valence-electron chi connectivity index (χ2n) is 4.62. The number of benzene rings is 1. The number of aromatic carboxylic acids is 1. The lowest BCUT2D eigenvalue weighted by molar-refractivity contribution is -0.120. The molecule has 2 atom stereocenters. The fourth-order valence-electron chi connectivity index (χ4n) is 2.13. The van der Waals surface area contributed by atoms with Crippen LogP contribution in [0, 0.1) is 11.8 Å². The van der Waals surface area contributed by atoms with E-state index in [1.54, 1.807) is 12.1 Å². The van der Waals surface area contributed by atoms with Crippen molar-refractivity contribution in [1.82, 2.24) is 5.32 Å². The highest BCUT2D eigenvalue weighted by atomic mass is 16.4. The summed E-state index contributed by atoms with van der Waals surface area (Å²) < 4.78 is 0. The standard InChI is InChI=1S/C13H16N2O3/c1-8-6-14-7-11(8)12(16)15-10-4-2-3-9(5-10)13(17)18/h2-5,8,11,14H,6-7H2,1H3,(H,15,16)(H,17,18)/t8-,11-/m1/s1. The molecule has 1 fully saturated rings. The molecule has 0 bridgehead atoms. The van der Waals surface area contributed by atoms with Crippen LogP contribution in [0.2, 0.25) is 0 Å². The van der Waals surface area contributed by atoms with E-state index in [9.17, 15) is 9.59 Å². The van der Waals surface area contributed by atoms with Crippen molar-refractivity contribution in [3.8, 4) is 0 Å². The molecule has 2 rings (SSSR count). The van der Waals surface area contributed by atoms with E-state index in [2.05, 4.69) is 10.6 Å². The molecule has 5 heteroatoms. The molecule has 0 aromatic heterocycles. The number of anilines is 1. The molecule has 1 aliphatic heterocycles. The normalized spacial score (nSPS) is 22.7. The maximum Gasteiger partial charge on any atom is 0.335 e. The third-order valence-corrected chi connectivity index (χ3v) is 3.23. The number of carbonyl (C=O) groups excluding carboxylic acids is 1. The lowest BCUT2D eigenvalue weighted by Gasteiger charge is -2.14. The summed E-state index contributed by atoms with van der Waals surface area (Å²) in [5, 5.41) is 14.8.